The number of H-pyrrole nitrogens is 2. The van der Waals surface area contributed by atoms with Gasteiger partial charge >= 0.3 is 5.69 Å². The lowest BCUT2D eigenvalue weighted by Gasteiger charge is -2.08. The number of aromatic nitrogens is 2. The van der Waals surface area contributed by atoms with Gasteiger partial charge in [-0.3, -0.25) is 4.79 Å². The van der Waals surface area contributed by atoms with E-state index < -0.39 is 0 Å². The van der Waals surface area contributed by atoms with Crippen LogP contribution in [0.3, 0.4) is 0 Å². The van der Waals surface area contributed by atoms with E-state index in [1.165, 1.54) is 0 Å². The molecule has 0 atom stereocenters. The predicted octanol–water partition coefficient (Wildman–Crippen LogP) is 2.45. The molecule has 5 N–H and O–H groups in total. The molecule has 3 rings (SSSR count). The molecular formula is C14H11BrN4O2. The highest BCUT2D eigenvalue weighted by molar-refractivity contribution is 9.10. The Labute approximate surface area is 127 Å². The summed E-state index contributed by atoms with van der Waals surface area (Å²) in [5.41, 5.74) is 8.30. The summed E-state index contributed by atoms with van der Waals surface area (Å²) in [5, 5.41) is 2.77. The molecule has 0 radical (unpaired) electrons. The van der Waals surface area contributed by atoms with Gasteiger partial charge in [-0.1, -0.05) is 6.07 Å². The van der Waals surface area contributed by atoms with Crippen LogP contribution in [0.2, 0.25) is 0 Å². The van der Waals surface area contributed by atoms with Gasteiger partial charge in [0.05, 0.1) is 21.1 Å². The van der Waals surface area contributed by atoms with Gasteiger partial charge in [-0.2, -0.15) is 0 Å². The Morgan fingerprint density at radius 1 is 1.14 bits per heavy atom. The number of amides is 1. The Balaban J connectivity index is 1.92. The second-order valence-electron chi connectivity index (χ2n) is 4.50. The molecule has 1 aromatic heterocycles. The molecule has 0 aliphatic rings. The smallest absolute Gasteiger partial charge is 0.323 e. The first-order valence-corrected chi connectivity index (χ1v) is 6.91. The van der Waals surface area contributed by atoms with Gasteiger partial charge in [-0.05, 0) is 46.3 Å². The lowest BCUT2D eigenvalue weighted by atomic mass is 10.2. The number of imidazole rings is 1. The van der Waals surface area contributed by atoms with Crippen molar-refractivity contribution < 1.29 is 4.79 Å². The highest BCUT2D eigenvalue weighted by Gasteiger charge is 2.12. The molecule has 0 aliphatic carbocycles. The standard InChI is InChI=1S/C14H11BrN4O2/c15-12-8(2-1-3-9(12)16)13(20)17-7-4-5-10-11(6-7)19-14(21)18-10/h1-6H,16H2,(H,17,20)(H2,18,19,21). The molecule has 21 heavy (non-hydrogen) atoms. The lowest BCUT2D eigenvalue weighted by Crippen LogP contribution is -2.13. The zero-order chi connectivity index (χ0) is 15.0. The van der Waals surface area contributed by atoms with Crippen molar-refractivity contribution in [3.8, 4) is 0 Å². The summed E-state index contributed by atoms with van der Waals surface area (Å²) >= 11 is 3.30. The highest BCUT2D eigenvalue weighted by atomic mass is 79.9. The maximum atomic E-state index is 12.3. The fourth-order valence-electron chi connectivity index (χ4n) is 2.03. The molecule has 1 heterocycles. The van der Waals surface area contributed by atoms with Gasteiger partial charge in [0.25, 0.3) is 5.91 Å². The molecule has 7 heteroatoms. The van der Waals surface area contributed by atoms with Gasteiger partial charge in [0.15, 0.2) is 0 Å². The average molecular weight is 347 g/mol. The molecule has 106 valence electrons. The summed E-state index contributed by atoms with van der Waals surface area (Å²) in [4.78, 5) is 28.7. The molecule has 0 bridgehead atoms. The third-order valence-corrected chi connectivity index (χ3v) is 3.93. The number of hydrogen-bond acceptors (Lipinski definition) is 3. The topological polar surface area (TPSA) is 104 Å². The van der Waals surface area contributed by atoms with Gasteiger partial charge in [-0.15, -0.1) is 0 Å². The van der Waals surface area contributed by atoms with Crippen LogP contribution in [-0.2, 0) is 0 Å². The molecule has 0 unspecified atom stereocenters. The quantitative estimate of drug-likeness (QED) is 0.535. The summed E-state index contributed by atoms with van der Waals surface area (Å²) in [6, 6.07) is 10.2. The zero-order valence-electron chi connectivity index (χ0n) is 10.7. The van der Waals surface area contributed by atoms with E-state index in [-0.39, 0.29) is 11.6 Å². The van der Waals surface area contributed by atoms with Crippen molar-refractivity contribution in [3.63, 3.8) is 0 Å². The largest absolute Gasteiger partial charge is 0.398 e. The third kappa shape index (κ3) is 2.55. The molecule has 0 saturated carbocycles. The molecule has 2 aromatic carbocycles. The van der Waals surface area contributed by atoms with Gasteiger partial charge in [-0.25, -0.2) is 4.79 Å². The molecular weight excluding hydrogens is 336 g/mol. The van der Waals surface area contributed by atoms with Crippen molar-refractivity contribution in [3.05, 3.63) is 56.9 Å². The van der Waals surface area contributed by atoms with Crippen molar-refractivity contribution in [2.24, 2.45) is 0 Å². The first kappa shape index (κ1) is 13.4. The zero-order valence-corrected chi connectivity index (χ0v) is 12.3. The highest BCUT2D eigenvalue weighted by Crippen LogP contribution is 2.25. The minimum atomic E-state index is -0.286. The number of benzene rings is 2. The summed E-state index contributed by atoms with van der Waals surface area (Å²) < 4.78 is 0.554. The van der Waals surface area contributed by atoms with Crippen LogP contribution in [0.1, 0.15) is 10.4 Å². The normalized spacial score (nSPS) is 10.7. The Morgan fingerprint density at radius 2 is 1.90 bits per heavy atom. The van der Waals surface area contributed by atoms with Crippen LogP contribution >= 0.6 is 15.9 Å². The number of fused-ring (bicyclic) bond motifs is 1. The van der Waals surface area contributed by atoms with Crippen molar-refractivity contribution in [1.29, 1.82) is 0 Å². The Hall–Kier alpha value is -2.54. The van der Waals surface area contributed by atoms with Crippen molar-refractivity contribution >= 4 is 44.2 Å². The minimum absolute atomic E-state index is 0.285. The Bertz CT molecular complexity index is 897. The van der Waals surface area contributed by atoms with Crippen molar-refractivity contribution in [2.45, 2.75) is 0 Å². The van der Waals surface area contributed by atoms with Crippen LogP contribution in [0.4, 0.5) is 11.4 Å². The van der Waals surface area contributed by atoms with E-state index in [0.29, 0.717) is 32.4 Å². The molecule has 6 nitrogen and oxygen atoms in total. The van der Waals surface area contributed by atoms with E-state index in [0.717, 1.165) is 0 Å². The molecule has 0 fully saturated rings. The van der Waals surface area contributed by atoms with Crippen LogP contribution in [0, 0.1) is 0 Å². The molecule has 1 amide bonds. The van der Waals surface area contributed by atoms with Crippen molar-refractivity contribution in [1.82, 2.24) is 9.97 Å². The summed E-state index contributed by atoms with van der Waals surface area (Å²) in [6.07, 6.45) is 0. The van der Waals surface area contributed by atoms with E-state index in [1.807, 2.05) is 0 Å². The monoisotopic (exact) mass is 346 g/mol. The van der Waals surface area contributed by atoms with Crippen LogP contribution in [0.15, 0.2) is 45.7 Å². The van der Waals surface area contributed by atoms with E-state index in [1.54, 1.807) is 36.4 Å². The number of nitrogen functional groups attached to an aromatic ring is 1. The molecule has 0 aliphatic heterocycles. The lowest BCUT2D eigenvalue weighted by molar-refractivity contribution is 0.102. The summed E-state index contributed by atoms with van der Waals surface area (Å²) in [6.45, 7) is 0. The van der Waals surface area contributed by atoms with Crippen molar-refractivity contribution in [2.75, 3.05) is 11.1 Å². The Morgan fingerprint density at radius 3 is 2.71 bits per heavy atom. The second-order valence-corrected chi connectivity index (χ2v) is 5.30. The molecule has 3 aromatic rings. The van der Waals surface area contributed by atoms with Crippen LogP contribution in [0.5, 0.6) is 0 Å². The fourth-order valence-corrected chi connectivity index (χ4v) is 2.48. The number of carbonyl (C=O) groups excluding carboxylic acids is 1. The second kappa shape index (κ2) is 5.10. The molecule has 0 spiro atoms. The number of aromatic amines is 2. The first-order valence-electron chi connectivity index (χ1n) is 6.12. The van der Waals surface area contributed by atoms with E-state index in [2.05, 4.69) is 31.2 Å². The van der Waals surface area contributed by atoms with Crippen LogP contribution in [-0.4, -0.2) is 15.9 Å². The number of hydrogen-bond donors (Lipinski definition) is 4. The van der Waals surface area contributed by atoms with Gasteiger partial charge < -0.3 is 21.0 Å². The maximum Gasteiger partial charge on any atom is 0.323 e. The minimum Gasteiger partial charge on any atom is -0.398 e. The number of rotatable bonds is 2. The number of nitrogens with one attached hydrogen (secondary N) is 3. The summed E-state index contributed by atoms with van der Waals surface area (Å²) in [5.74, 6) is -0.286. The van der Waals surface area contributed by atoms with Gasteiger partial charge in [0, 0.05) is 11.4 Å². The third-order valence-electron chi connectivity index (χ3n) is 3.05. The van der Waals surface area contributed by atoms with E-state index >= 15 is 0 Å². The number of nitrogens with two attached hydrogens (primary N) is 1. The molecule has 0 saturated heterocycles. The SMILES string of the molecule is Nc1cccc(C(=O)Nc2ccc3[nH]c(=O)[nH]c3c2)c1Br. The Kier molecular flexibility index (Phi) is 3.26. The van der Waals surface area contributed by atoms with E-state index in [9.17, 15) is 9.59 Å². The number of halogens is 1. The first-order chi connectivity index (χ1) is 10.0. The number of carbonyl (C=O) groups is 1. The number of anilines is 2. The maximum absolute atomic E-state index is 12.3. The van der Waals surface area contributed by atoms with Gasteiger partial charge in [0.1, 0.15) is 0 Å². The van der Waals surface area contributed by atoms with E-state index in [4.69, 9.17) is 5.73 Å². The van der Waals surface area contributed by atoms with Crippen LogP contribution in [0.25, 0.3) is 11.0 Å². The fraction of sp³-hybridized carbons (Fsp3) is 0. The van der Waals surface area contributed by atoms with Crippen LogP contribution < -0.4 is 16.7 Å². The van der Waals surface area contributed by atoms with Gasteiger partial charge in [0.2, 0.25) is 0 Å². The summed E-state index contributed by atoms with van der Waals surface area (Å²) in [7, 11) is 0. The average Bonchev–Trinajstić information content (AvgIpc) is 2.81. The predicted molar refractivity (Wildman–Crippen MR) is 85.4 cm³/mol.